The van der Waals surface area contributed by atoms with Gasteiger partial charge in [-0.05, 0) is 17.9 Å². The van der Waals surface area contributed by atoms with Gasteiger partial charge in [-0.2, -0.15) is 4.98 Å². The monoisotopic (exact) mass is 328 g/mol. The fourth-order valence-corrected chi connectivity index (χ4v) is 3.10. The molecule has 2 aromatic rings. The van der Waals surface area contributed by atoms with Crippen LogP contribution >= 0.6 is 0 Å². The summed E-state index contributed by atoms with van der Waals surface area (Å²) in [6, 6.07) is 10.7. The van der Waals surface area contributed by atoms with Gasteiger partial charge in [0, 0.05) is 39.1 Å². The standard InChI is InChI=1S/C19H28N4O/c1-16(2)14-18-20-19(24-21-18)15-23-12-10-22(11-13-23)9-8-17-6-4-3-5-7-17/h3-7,16H,8-15H2,1-2H3. The lowest BCUT2D eigenvalue weighted by Gasteiger charge is -2.33. The van der Waals surface area contributed by atoms with Gasteiger partial charge in [-0.15, -0.1) is 0 Å². The summed E-state index contributed by atoms with van der Waals surface area (Å²) in [6.45, 7) is 10.6. The van der Waals surface area contributed by atoms with Crippen LogP contribution in [0.25, 0.3) is 0 Å². The minimum Gasteiger partial charge on any atom is -0.338 e. The Labute approximate surface area is 144 Å². The van der Waals surface area contributed by atoms with Crippen LogP contribution in [-0.4, -0.2) is 52.7 Å². The van der Waals surface area contributed by atoms with Gasteiger partial charge in [0.05, 0.1) is 6.54 Å². The zero-order valence-corrected chi connectivity index (χ0v) is 14.8. The lowest BCUT2D eigenvalue weighted by Crippen LogP contribution is -2.46. The van der Waals surface area contributed by atoms with E-state index in [4.69, 9.17) is 4.52 Å². The number of aromatic nitrogens is 2. The van der Waals surface area contributed by atoms with Crippen molar-refractivity contribution >= 4 is 0 Å². The van der Waals surface area contributed by atoms with Crippen molar-refractivity contribution in [2.24, 2.45) is 5.92 Å². The molecule has 0 bridgehead atoms. The first-order chi connectivity index (χ1) is 11.7. The zero-order chi connectivity index (χ0) is 16.8. The number of piperazine rings is 1. The summed E-state index contributed by atoms with van der Waals surface area (Å²) in [5.41, 5.74) is 1.42. The molecule has 5 nitrogen and oxygen atoms in total. The van der Waals surface area contributed by atoms with E-state index in [0.29, 0.717) is 5.92 Å². The van der Waals surface area contributed by atoms with Gasteiger partial charge in [-0.3, -0.25) is 4.90 Å². The van der Waals surface area contributed by atoms with Gasteiger partial charge in [0.25, 0.3) is 0 Å². The van der Waals surface area contributed by atoms with Crippen LogP contribution in [0.15, 0.2) is 34.9 Å². The SMILES string of the molecule is CC(C)Cc1noc(CN2CCN(CCc3ccccc3)CC2)n1. The number of hydrogen-bond acceptors (Lipinski definition) is 5. The van der Waals surface area contributed by atoms with Crippen LogP contribution in [0.4, 0.5) is 0 Å². The van der Waals surface area contributed by atoms with Gasteiger partial charge in [0.15, 0.2) is 5.82 Å². The largest absolute Gasteiger partial charge is 0.338 e. The zero-order valence-electron chi connectivity index (χ0n) is 14.8. The average molecular weight is 328 g/mol. The van der Waals surface area contributed by atoms with Crippen LogP contribution in [-0.2, 0) is 19.4 Å². The van der Waals surface area contributed by atoms with E-state index in [1.165, 1.54) is 5.56 Å². The Balaban J connectivity index is 1.39. The molecule has 0 atom stereocenters. The Bertz CT molecular complexity index is 603. The predicted molar refractivity (Wildman–Crippen MR) is 94.7 cm³/mol. The second-order valence-corrected chi connectivity index (χ2v) is 7.06. The molecule has 1 fully saturated rings. The fourth-order valence-electron chi connectivity index (χ4n) is 3.10. The molecular formula is C19H28N4O. The highest BCUT2D eigenvalue weighted by molar-refractivity contribution is 5.14. The highest BCUT2D eigenvalue weighted by Crippen LogP contribution is 2.10. The topological polar surface area (TPSA) is 45.4 Å². The predicted octanol–water partition coefficient (Wildman–Crippen LogP) is 2.63. The second kappa shape index (κ2) is 8.40. The number of hydrogen-bond donors (Lipinski definition) is 0. The molecule has 1 aliphatic heterocycles. The van der Waals surface area contributed by atoms with E-state index in [2.05, 4.69) is 64.1 Å². The molecule has 0 amide bonds. The highest BCUT2D eigenvalue weighted by Gasteiger charge is 2.19. The van der Waals surface area contributed by atoms with Crippen LogP contribution in [0, 0.1) is 5.92 Å². The first kappa shape index (κ1) is 17.1. The smallest absolute Gasteiger partial charge is 0.240 e. The summed E-state index contributed by atoms with van der Waals surface area (Å²) in [4.78, 5) is 9.46. The maximum Gasteiger partial charge on any atom is 0.240 e. The summed E-state index contributed by atoms with van der Waals surface area (Å²) in [6.07, 6.45) is 2.01. The Morgan fingerprint density at radius 3 is 2.46 bits per heavy atom. The van der Waals surface area contributed by atoms with Crippen LogP contribution in [0.2, 0.25) is 0 Å². The van der Waals surface area contributed by atoms with Gasteiger partial charge in [-0.25, -0.2) is 0 Å². The first-order valence-electron chi connectivity index (χ1n) is 8.99. The van der Waals surface area contributed by atoms with Crippen molar-refractivity contribution in [2.75, 3.05) is 32.7 Å². The molecule has 5 heteroatoms. The molecular weight excluding hydrogens is 300 g/mol. The molecule has 0 saturated carbocycles. The minimum absolute atomic E-state index is 0.559. The Morgan fingerprint density at radius 1 is 1.04 bits per heavy atom. The summed E-state index contributed by atoms with van der Waals surface area (Å²) >= 11 is 0. The van der Waals surface area contributed by atoms with Crippen molar-refractivity contribution in [3.8, 4) is 0 Å². The van der Waals surface area contributed by atoms with Gasteiger partial charge >= 0.3 is 0 Å². The molecule has 0 spiro atoms. The first-order valence-corrected chi connectivity index (χ1v) is 8.99. The molecule has 1 aromatic carbocycles. The van der Waals surface area contributed by atoms with Crippen molar-refractivity contribution in [3.05, 3.63) is 47.6 Å². The van der Waals surface area contributed by atoms with Crippen molar-refractivity contribution < 1.29 is 4.52 Å². The molecule has 3 rings (SSSR count). The van der Waals surface area contributed by atoms with Gasteiger partial charge in [0.2, 0.25) is 5.89 Å². The van der Waals surface area contributed by atoms with Crippen LogP contribution in [0.1, 0.15) is 31.1 Å². The number of rotatable bonds is 7. The maximum atomic E-state index is 5.38. The molecule has 1 saturated heterocycles. The molecule has 0 aliphatic carbocycles. The summed E-state index contributed by atoms with van der Waals surface area (Å²) < 4.78 is 5.38. The molecule has 130 valence electrons. The molecule has 0 N–H and O–H groups in total. The average Bonchev–Trinajstić information content (AvgIpc) is 3.01. The van der Waals surface area contributed by atoms with Crippen molar-refractivity contribution in [2.45, 2.75) is 33.2 Å². The number of benzene rings is 1. The van der Waals surface area contributed by atoms with E-state index < -0.39 is 0 Å². The van der Waals surface area contributed by atoms with Crippen molar-refractivity contribution in [1.82, 2.24) is 19.9 Å². The van der Waals surface area contributed by atoms with Crippen LogP contribution < -0.4 is 0 Å². The lowest BCUT2D eigenvalue weighted by molar-refractivity contribution is 0.118. The Morgan fingerprint density at radius 2 is 1.75 bits per heavy atom. The normalized spacial score (nSPS) is 16.8. The van der Waals surface area contributed by atoms with Gasteiger partial charge < -0.3 is 9.42 Å². The van der Waals surface area contributed by atoms with E-state index in [1.54, 1.807) is 0 Å². The van der Waals surface area contributed by atoms with E-state index >= 15 is 0 Å². The van der Waals surface area contributed by atoms with E-state index in [0.717, 1.165) is 63.8 Å². The lowest BCUT2D eigenvalue weighted by atomic mass is 10.1. The third-order valence-electron chi connectivity index (χ3n) is 4.48. The van der Waals surface area contributed by atoms with Gasteiger partial charge in [0.1, 0.15) is 0 Å². The Kier molecular flexibility index (Phi) is 5.99. The maximum absolute atomic E-state index is 5.38. The second-order valence-electron chi connectivity index (χ2n) is 7.06. The molecule has 2 heterocycles. The molecule has 1 aliphatic rings. The van der Waals surface area contributed by atoms with Crippen molar-refractivity contribution in [3.63, 3.8) is 0 Å². The molecule has 1 aromatic heterocycles. The van der Waals surface area contributed by atoms with E-state index in [1.807, 2.05) is 0 Å². The third-order valence-corrected chi connectivity index (χ3v) is 4.48. The highest BCUT2D eigenvalue weighted by atomic mass is 16.5. The minimum atomic E-state index is 0.559. The summed E-state index contributed by atoms with van der Waals surface area (Å²) in [5.74, 6) is 2.15. The van der Waals surface area contributed by atoms with E-state index in [9.17, 15) is 0 Å². The van der Waals surface area contributed by atoms with Gasteiger partial charge in [-0.1, -0.05) is 49.3 Å². The summed E-state index contributed by atoms with van der Waals surface area (Å²) in [5, 5.41) is 4.08. The molecule has 0 unspecified atom stereocenters. The Hall–Kier alpha value is -1.72. The number of nitrogens with zero attached hydrogens (tertiary/aromatic N) is 4. The summed E-state index contributed by atoms with van der Waals surface area (Å²) in [7, 11) is 0. The quantitative estimate of drug-likeness (QED) is 0.782. The molecule has 0 radical (unpaired) electrons. The van der Waals surface area contributed by atoms with Crippen molar-refractivity contribution in [1.29, 1.82) is 0 Å². The van der Waals surface area contributed by atoms with Crippen LogP contribution in [0.5, 0.6) is 0 Å². The van der Waals surface area contributed by atoms with E-state index in [-0.39, 0.29) is 0 Å². The fraction of sp³-hybridized carbons (Fsp3) is 0.579. The third kappa shape index (κ3) is 5.14. The van der Waals surface area contributed by atoms with Crippen LogP contribution in [0.3, 0.4) is 0 Å². The molecule has 24 heavy (non-hydrogen) atoms.